The highest BCUT2D eigenvalue weighted by Gasteiger charge is 2.32. The standard InChI is InChI=1S/C17H32N12O4/c18-26-22-5-1-9-30-13-17(14-31-10-2-6-23-27-19,15-32-11-3-7-24-28-20)16-33-12-4-8-25-29-21/h1-16H2. The third-order valence-corrected chi connectivity index (χ3v) is 4.07. The molecular weight excluding hydrogens is 436 g/mol. The highest BCUT2D eigenvalue weighted by Crippen LogP contribution is 2.21. The molecule has 184 valence electrons. The van der Waals surface area contributed by atoms with Gasteiger partial charge in [-0.25, -0.2) is 0 Å². The Hall–Kier alpha value is -2.92. The molecule has 0 N–H and O–H groups in total. The van der Waals surface area contributed by atoms with Gasteiger partial charge in [-0.2, -0.15) is 0 Å². The second-order valence-electron chi connectivity index (χ2n) is 6.94. The molecule has 0 heterocycles. The Morgan fingerprint density at radius 2 is 0.697 bits per heavy atom. The topological polar surface area (TPSA) is 232 Å². The van der Waals surface area contributed by atoms with Gasteiger partial charge >= 0.3 is 0 Å². The van der Waals surface area contributed by atoms with Gasteiger partial charge in [0.05, 0.1) is 31.8 Å². The quantitative estimate of drug-likeness (QED) is 0.0836. The number of ether oxygens (including phenoxy) is 4. The third-order valence-electron chi connectivity index (χ3n) is 4.07. The Kier molecular flexibility index (Phi) is 21.6. The maximum absolute atomic E-state index is 8.36. The summed E-state index contributed by atoms with van der Waals surface area (Å²) >= 11 is 0. The van der Waals surface area contributed by atoms with Gasteiger partial charge in [0.15, 0.2) is 0 Å². The molecule has 16 nitrogen and oxygen atoms in total. The number of rotatable bonds is 24. The summed E-state index contributed by atoms with van der Waals surface area (Å²) in [6, 6.07) is 0. The predicted molar refractivity (Wildman–Crippen MR) is 120 cm³/mol. The average Bonchev–Trinajstić information content (AvgIpc) is 2.83. The van der Waals surface area contributed by atoms with Crippen molar-refractivity contribution < 1.29 is 18.9 Å². The van der Waals surface area contributed by atoms with E-state index in [1.807, 2.05) is 0 Å². The Bertz CT molecular complexity index is 566. The zero-order chi connectivity index (χ0) is 24.3. The van der Waals surface area contributed by atoms with Crippen molar-refractivity contribution in [3.05, 3.63) is 41.8 Å². The zero-order valence-electron chi connectivity index (χ0n) is 18.8. The van der Waals surface area contributed by atoms with Crippen molar-refractivity contribution in [1.29, 1.82) is 0 Å². The molecule has 0 radical (unpaired) electrons. The van der Waals surface area contributed by atoms with Gasteiger partial charge in [-0.15, -0.1) is 0 Å². The molecule has 16 heteroatoms. The molecule has 0 aromatic carbocycles. The fourth-order valence-corrected chi connectivity index (χ4v) is 2.53. The Labute approximate surface area is 192 Å². The summed E-state index contributed by atoms with van der Waals surface area (Å²) in [6.07, 6.45) is 2.31. The lowest BCUT2D eigenvalue weighted by Crippen LogP contribution is -2.42. The van der Waals surface area contributed by atoms with E-state index in [9.17, 15) is 0 Å². The SMILES string of the molecule is [N-]=[N+]=NCCCOCC(COCCCN=[N+]=[N-])(COCCCN=[N+]=[N-])COCCCN=[N+]=[N-]. The van der Waals surface area contributed by atoms with Crippen molar-refractivity contribution >= 4 is 0 Å². The summed E-state index contributed by atoms with van der Waals surface area (Å²) in [5, 5.41) is 13.9. The molecule has 0 aromatic rings. The molecule has 0 aliphatic rings. The molecule has 0 aliphatic heterocycles. The number of azide groups is 4. The summed E-state index contributed by atoms with van der Waals surface area (Å²) in [7, 11) is 0. The summed E-state index contributed by atoms with van der Waals surface area (Å²) in [5.74, 6) is 0. The van der Waals surface area contributed by atoms with E-state index < -0.39 is 5.41 Å². The number of nitrogens with zero attached hydrogens (tertiary/aromatic N) is 12. The average molecular weight is 469 g/mol. The number of hydrogen-bond acceptors (Lipinski definition) is 8. The van der Waals surface area contributed by atoms with E-state index in [2.05, 4.69) is 40.1 Å². The van der Waals surface area contributed by atoms with Crippen LogP contribution in [0.3, 0.4) is 0 Å². The lowest BCUT2D eigenvalue weighted by atomic mass is 9.92. The molecule has 0 aliphatic carbocycles. The molecule has 0 saturated carbocycles. The van der Waals surface area contributed by atoms with Crippen LogP contribution in [0.2, 0.25) is 0 Å². The van der Waals surface area contributed by atoms with Gasteiger partial charge in [-0.3, -0.25) is 0 Å². The normalized spacial score (nSPS) is 11.9. The van der Waals surface area contributed by atoms with E-state index in [4.69, 9.17) is 41.1 Å². The van der Waals surface area contributed by atoms with E-state index >= 15 is 0 Å². The van der Waals surface area contributed by atoms with Gasteiger partial charge in [-0.1, -0.05) is 20.5 Å². The smallest absolute Gasteiger partial charge is 0.0637 e. The van der Waals surface area contributed by atoms with Crippen LogP contribution in [0.5, 0.6) is 0 Å². The first-order valence-electron chi connectivity index (χ1n) is 10.6. The maximum Gasteiger partial charge on any atom is 0.0637 e. The van der Waals surface area contributed by atoms with Gasteiger partial charge in [0.25, 0.3) is 0 Å². The van der Waals surface area contributed by atoms with Crippen molar-refractivity contribution in [3.63, 3.8) is 0 Å². The van der Waals surface area contributed by atoms with Crippen LogP contribution in [0.1, 0.15) is 25.7 Å². The molecule has 33 heavy (non-hydrogen) atoms. The van der Waals surface area contributed by atoms with Crippen LogP contribution in [-0.2, 0) is 18.9 Å². The van der Waals surface area contributed by atoms with Crippen LogP contribution in [0.15, 0.2) is 20.5 Å². The Morgan fingerprint density at radius 1 is 0.455 bits per heavy atom. The van der Waals surface area contributed by atoms with Gasteiger partial charge in [0.1, 0.15) is 0 Å². The van der Waals surface area contributed by atoms with Gasteiger partial charge in [-0.05, 0) is 47.8 Å². The minimum Gasteiger partial charge on any atom is -0.381 e. The fourth-order valence-electron chi connectivity index (χ4n) is 2.53. The van der Waals surface area contributed by atoms with Crippen LogP contribution >= 0.6 is 0 Å². The van der Waals surface area contributed by atoms with Gasteiger partial charge < -0.3 is 18.9 Å². The highest BCUT2D eigenvalue weighted by atomic mass is 16.5. The van der Waals surface area contributed by atoms with E-state index in [1.54, 1.807) is 0 Å². The third kappa shape index (κ3) is 19.5. The summed E-state index contributed by atoms with van der Waals surface area (Å²) in [4.78, 5) is 10.9. The molecule has 0 amide bonds. The van der Waals surface area contributed by atoms with E-state index in [-0.39, 0.29) is 26.4 Å². The highest BCUT2D eigenvalue weighted by molar-refractivity contribution is 4.80. The fraction of sp³-hybridized carbons (Fsp3) is 1.00. The molecule has 0 unspecified atom stereocenters. The summed E-state index contributed by atoms with van der Waals surface area (Å²) in [5.41, 5.74) is 32.8. The molecular formula is C17H32N12O4. The van der Waals surface area contributed by atoms with Crippen LogP contribution in [0.25, 0.3) is 41.8 Å². The van der Waals surface area contributed by atoms with Gasteiger partial charge in [0.2, 0.25) is 0 Å². The van der Waals surface area contributed by atoms with Crippen molar-refractivity contribution in [2.45, 2.75) is 25.7 Å². The lowest BCUT2D eigenvalue weighted by molar-refractivity contribution is -0.107. The Balaban J connectivity index is 4.93. The minimum atomic E-state index is -0.617. The summed E-state index contributed by atoms with van der Waals surface area (Å²) in [6.45, 7) is 4.07. The first-order chi connectivity index (χ1) is 16.2. The molecule has 0 spiro atoms. The van der Waals surface area contributed by atoms with Crippen LogP contribution in [0, 0.1) is 5.41 Å². The van der Waals surface area contributed by atoms with Crippen LogP contribution in [0.4, 0.5) is 0 Å². The molecule has 0 saturated heterocycles. The van der Waals surface area contributed by atoms with Crippen molar-refractivity contribution in [2.75, 3.05) is 79.0 Å². The van der Waals surface area contributed by atoms with Crippen LogP contribution in [-0.4, -0.2) is 79.0 Å². The minimum absolute atomic E-state index is 0.284. The van der Waals surface area contributed by atoms with Gasteiger partial charge in [0, 0.05) is 72.3 Å². The van der Waals surface area contributed by atoms with E-state index in [1.165, 1.54) is 0 Å². The molecule has 0 bridgehead atoms. The zero-order valence-corrected chi connectivity index (χ0v) is 18.8. The summed E-state index contributed by atoms with van der Waals surface area (Å²) < 4.78 is 23.2. The molecule has 0 rings (SSSR count). The lowest BCUT2D eigenvalue weighted by Gasteiger charge is -2.33. The second-order valence-corrected chi connectivity index (χ2v) is 6.94. The first-order valence-corrected chi connectivity index (χ1v) is 10.6. The monoisotopic (exact) mass is 468 g/mol. The van der Waals surface area contributed by atoms with Crippen molar-refractivity contribution in [2.24, 2.45) is 25.9 Å². The number of hydrogen-bond donors (Lipinski definition) is 0. The maximum atomic E-state index is 8.36. The molecule has 0 atom stereocenters. The second kappa shape index (κ2) is 23.7. The Morgan fingerprint density at radius 3 is 0.909 bits per heavy atom. The van der Waals surface area contributed by atoms with Crippen LogP contribution < -0.4 is 0 Å². The van der Waals surface area contributed by atoms with E-state index in [0.717, 1.165) is 0 Å². The molecule has 0 fully saturated rings. The van der Waals surface area contributed by atoms with Crippen molar-refractivity contribution in [1.82, 2.24) is 0 Å². The van der Waals surface area contributed by atoms with Crippen molar-refractivity contribution in [3.8, 4) is 0 Å². The largest absolute Gasteiger partial charge is 0.381 e. The van der Waals surface area contributed by atoms with E-state index in [0.29, 0.717) is 78.3 Å². The molecule has 0 aromatic heterocycles. The predicted octanol–water partition coefficient (Wildman–Crippen LogP) is 4.84. The first kappa shape index (κ1) is 30.1.